The van der Waals surface area contributed by atoms with Gasteiger partial charge in [-0.3, -0.25) is 9.59 Å². The van der Waals surface area contributed by atoms with Crippen LogP contribution in [0.5, 0.6) is 5.75 Å². The predicted octanol–water partition coefficient (Wildman–Crippen LogP) is 6.86. The molecule has 206 valence electrons. The third-order valence-electron chi connectivity index (χ3n) is 10.6. The minimum atomic E-state index is -1.85. The molecule has 5 nitrogen and oxygen atoms in total. The van der Waals surface area contributed by atoms with E-state index in [4.69, 9.17) is 9.16 Å². The van der Waals surface area contributed by atoms with Gasteiger partial charge in [0.15, 0.2) is 0 Å². The van der Waals surface area contributed by atoms with Crippen molar-refractivity contribution in [2.75, 3.05) is 13.2 Å². The molecule has 37 heavy (non-hydrogen) atoms. The number of esters is 1. The average Bonchev–Trinajstić information content (AvgIpc) is 3.17. The molecule has 6 atom stereocenters. The Morgan fingerprint density at radius 1 is 1.16 bits per heavy atom. The van der Waals surface area contributed by atoms with Gasteiger partial charge in [0.05, 0.1) is 12.5 Å². The van der Waals surface area contributed by atoms with Crippen molar-refractivity contribution in [3.05, 3.63) is 29.3 Å². The Kier molecular flexibility index (Phi) is 7.92. The monoisotopic (exact) mass is 527 g/mol. The van der Waals surface area contributed by atoms with Crippen LogP contribution in [-0.2, 0) is 20.7 Å². The van der Waals surface area contributed by atoms with E-state index in [1.807, 2.05) is 0 Å². The Balaban J connectivity index is 1.44. The number of aryl methyl sites for hydroxylation is 1. The van der Waals surface area contributed by atoms with E-state index in [1.54, 1.807) is 5.56 Å². The van der Waals surface area contributed by atoms with Gasteiger partial charge in [0.1, 0.15) is 12.4 Å². The first-order chi connectivity index (χ1) is 17.2. The molecule has 0 heterocycles. The van der Waals surface area contributed by atoms with Gasteiger partial charge in [-0.2, -0.15) is 0 Å². The maximum absolute atomic E-state index is 12.9. The molecular weight excluding hydrogens is 478 g/mol. The van der Waals surface area contributed by atoms with E-state index in [2.05, 4.69) is 71.2 Å². The summed E-state index contributed by atoms with van der Waals surface area (Å²) in [5, 5.41) is 2.89. The first kappa shape index (κ1) is 28.2. The topological polar surface area (TPSA) is 64.6 Å². The van der Waals surface area contributed by atoms with E-state index in [9.17, 15) is 9.59 Å². The second-order valence-corrected chi connectivity index (χ2v) is 18.5. The molecule has 1 aromatic carbocycles. The Bertz CT molecular complexity index is 1010. The fraction of sp³-hybridized carbons (Fsp3) is 0.742. The van der Waals surface area contributed by atoms with Crippen molar-refractivity contribution in [2.45, 2.75) is 104 Å². The third kappa shape index (κ3) is 5.50. The lowest BCUT2D eigenvalue weighted by Gasteiger charge is -2.51. The van der Waals surface area contributed by atoms with Gasteiger partial charge < -0.3 is 14.5 Å². The first-order valence-corrected chi connectivity index (χ1v) is 17.4. The maximum Gasteiger partial charge on any atom is 0.309 e. The normalized spacial score (nSPS) is 29.9. The quantitative estimate of drug-likeness (QED) is 0.239. The number of nitrogens with one attached hydrogen (secondary N) is 1. The lowest BCUT2D eigenvalue weighted by atomic mass is 9.53. The molecule has 0 radical (unpaired) electrons. The van der Waals surface area contributed by atoms with Crippen LogP contribution in [0.25, 0.3) is 0 Å². The number of carbonyl (C=O) groups excluding carboxylic acids is 2. The number of rotatable bonds is 7. The summed E-state index contributed by atoms with van der Waals surface area (Å²) in [4.78, 5) is 24.0. The van der Waals surface area contributed by atoms with Crippen molar-refractivity contribution in [3.63, 3.8) is 0 Å². The molecule has 2 saturated carbocycles. The number of benzene rings is 1. The number of hydrogen-bond acceptors (Lipinski definition) is 4. The summed E-state index contributed by atoms with van der Waals surface area (Å²) >= 11 is 0. The molecule has 3 aliphatic rings. The Morgan fingerprint density at radius 3 is 2.57 bits per heavy atom. The van der Waals surface area contributed by atoms with Crippen LogP contribution in [0.15, 0.2) is 18.2 Å². The van der Waals surface area contributed by atoms with Crippen LogP contribution in [0.2, 0.25) is 18.1 Å². The smallest absolute Gasteiger partial charge is 0.309 e. The molecule has 1 aromatic rings. The summed E-state index contributed by atoms with van der Waals surface area (Å²) in [5.74, 6) is 3.11. The summed E-state index contributed by atoms with van der Waals surface area (Å²) in [5.41, 5.74) is 3.24. The number of hydrogen-bond donors (Lipinski definition) is 1. The van der Waals surface area contributed by atoms with E-state index in [1.165, 1.54) is 38.2 Å². The van der Waals surface area contributed by atoms with Crippen molar-refractivity contribution >= 4 is 20.2 Å². The molecule has 4 rings (SSSR count). The fourth-order valence-electron chi connectivity index (χ4n) is 7.61. The van der Waals surface area contributed by atoms with Gasteiger partial charge in [-0.1, -0.05) is 40.7 Å². The molecule has 1 amide bonds. The molecule has 1 N–H and O–H groups in total. The van der Waals surface area contributed by atoms with Crippen LogP contribution in [0, 0.1) is 29.1 Å². The van der Waals surface area contributed by atoms with E-state index in [-0.39, 0.29) is 34.9 Å². The molecule has 0 bridgehead atoms. The van der Waals surface area contributed by atoms with Gasteiger partial charge in [-0.25, -0.2) is 0 Å². The van der Waals surface area contributed by atoms with Gasteiger partial charge in [0.2, 0.25) is 14.2 Å². The average molecular weight is 528 g/mol. The third-order valence-corrected chi connectivity index (χ3v) is 15.0. The fourth-order valence-corrected chi connectivity index (χ4v) is 8.63. The van der Waals surface area contributed by atoms with Gasteiger partial charge >= 0.3 is 5.97 Å². The van der Waals surface area contributed by atoms with Crippen LogP contribution < -0.4 is 9.74 Å². The van der Waals surface area contributed by atoms with E-state index >= 15 is 0 Å². The van der Waals surface area contributed by atoms with Crippen molar-refractivity contribution in [3.8, 4) is 5.75 Å². The molecule has 6 heteroatoms. The minimum absolute atomic E-state index is 0.0968. The number of fused-ring (bicyclic) bond motifs is 5. The second-order valence-electron chi connectivity index (χ2n) is 13.8. The zero-order valence-electron chi connectivity index (χ0n) is 24.4. The second kappa shape index (κ2) is 10.4. The predicted molar refractivity (Wildman–Crippen MR) is 151 cm³/mol. The summed E-state index contributed by atoms with van der Waals surface area (Å²) in [6.45, 7) is 18.1. The molecular formula is C31H49NO4Si. The zero-order valence-corrected chi connectivity index (χ0v) is 25.4. The van der Waals surface area contributed by atoms with Crippen molar-refractivity contribution in [1.82, 2.24) is 5.32 Å². The van der Waals surface area contributed by atoms with Gasteiger partial charge in [-0.05, 0) is 109 Å². The van der Waals surface area contributed by atoms with Gasteiger partial charge in [0.25, 0.3) is 0 Å². The summed E-state index contributed by atoms with van der Waals surface area (Å²) in [6, 6.07) is 6.95. The minimum Gasteiger partial charge on any atom is -0.543 e. The van der Waals surface area contributed by atoms with Crippen LogP contribution in [-0.4, -0.2) is 33.3 Å². The largest absolute Gasteiger partial charge is 0.543 e. The Hall–Kier alpha value is -1.82. The maximum atomic E-state index is 12.9. The van der Waals surface area contributed by atoms with Crippen molar-refractivity contribution < 1.29 is 18.8 Å². The van der Waals surface area contributed by atoms with Crippen LogP contribution in [0.4, 0.5) is 0 Å². The van der Waals surface area contributed by atoms with Crippen LogP contribution in [0.3, 0.4) is 0 Å². The van der Waals surface area contributed by atoms with E-state index in [0.29, 0.717) is 30.2 Å². The lowest BCUT2D eigenvalue weighted by Crippen LogP contribution is -2.45. The highest BCUT2D eigenvalue weighted by atomic mass is 28.4. The molecule has 0 aromatic heterocycles. The summed E-state index contributed by atoms with van der Waals surface area (Å²) in [6.07, 6.45) is 7.07. The molecule has 0 saturated heterocycles. The van der Waals surface area contributed by atoms with Crippen LogP contribution >= 0.6 is 0 Å². The number of carbonyl (C=O) groups is 2. The Morgan fingerprint density at radius 2 is 1.89 bits per heavy atom. The summed E-state index contributed by atoms with van der Waals surface area (Å²) < 4.78 is 12.2. The van der Waals surface area contributed by atoms with E-state index < -0.39 is 8.32 Å². The standard InChI is InChI=1S/C31H49NO4Si/c1-20(29(34)35-18-17-32-21(2)33)27-13-14-28-26-11-9-22-19-23(36-37(7,8)30(3,4)5)10-12-24(22)25(26)15-16-31(27,28)6/h10,12,19-20,25-28H,9,11,13-18H2,1-8H3,(H,32,33)/t20-,25+,26+,27+,28-,31+/m0/s1. The van der Waals surface area contributed by atoms with Crippen molar-refractivity contribution in [1.29, 1.82) is 0 Å². The van der Waals surface area contributed by atoms with Crippen molar-refractivity contribution in [2.24, 2.45) is 29.1 Å². The number of amides is 1. The molecule has 2 fully saturated rings. The van der Waals surface area contributed by atoms with Gasteiger partial charge in [0, 0.05) is 6.92 Å². The first-order valence-electron chi connectivity index (χ1n) is 14.5. The lowest BCUT2D eigenvalue weighted by molar-refractivity contribution is -0.152. The zero-order chi connectivity index (χ0) is 27.2. The molecule has 0 unspecified atom stereocenters. The molecule has 3 aliphatic carbocycles. The Labute approximate surface area is 225 Å². The van der Waals surface area contributed by atoms with E-state index in [0.717, 1.165) is 18.6 Å². The molecule has 0 spiro atoms. The molecule has 0 aliphatic heterocycles. The number of ether oxygens (including phenoxy) is 1. The highest BCUT2D eigenvalue weighted by molar-refractivity contribution is 6.74. The van der Waals surface area contributed by atoms with Gasteiger partial charge in [-0.15, -0.1) is 0 Å². The highest BCUT2D eigenvalue weighted by Crippen LogP contribution is 2.64. The SMILES string of the molecule is CC(=O)NCCOC(=O)[C@@H](C)[C@H]1CC[C@H]2[C@@H]3CCc4cc(O[Si](C)(C)C(C)(C)C)ccc4[C@H]3CC[C@]12C. The van der Waals surface area contributed by atoms with Crippen LogP contribution in [0.1, 0.15) is 90.7 Å². The summed E-state index contributed by atoms with van der Waals surface area (Å²) in [7, 11) is -1.85. The highest BCUT2D eigenvalue weighted by Gasteiger charge is 2.56.